The fraction of sp³-hybridized carbons (Fsp3) is 0.0588. The minimum Gasteiger partial charge on any atom is -0.489 e. The van der Waals surface area contributed by atoms with Gasteiger partial charge in [-0.05, 0) is 29.0 Å². The van der Waals surface area contributed by atoms with E-state index in [1.54, 1.807) is 11.3 Å². The molecule has 0 saturated carbocycles. The van der Waals surface area contributed by atoms with Crippen LogP contribution >= 0.6 is 11.3 Å². The third-order valence-corrected chi connectivity index (χ3v) is 4.65. The average molecular weight is 322 g/mol. The summed E-state index contributed by atoms with van der Waals surface area (Å²) in [5.74, 6) is 1.16. The van der Waals surface area contributed by atoms with Gasteiger partial charge in [0, 0.05) is 15.8 Å². The zero-order valence-electron chi connectivity index (χ0n) is 12.2. The van der Waals surface area contributed by atoms with Crippen molar-refractivity contribution >= 4 is 27.2 Å². The third kappa shape index (κ3) is 2.64. The van der Waals surface area contributed by atoms with Gasteiger partial charge in [0.15, 0.2) is 5.82 Å². The van der Waals surface area contributed by atoms with Gasteiger partial charge in [-0.1, -0.05) is 30.3 Å². The van der Waals surface area contributed by atoms with Gasteiger partial charge in [0.1, 0.15) is 18.1 Å². The molecule has 2 aromatic carbocycles. The van der Waals surface area contributed by atoms with Gasteiger partial charge < -0.3 is 10.5 Å². The average Bonchev–Trinajstić information content (AvgIpc) is 3.19. The number of nitrogens with two attached hydrogens (primary N) is 1. The maximum absolute atomic E-state index is 5.94. The summed E-state index contributed by atoms with van der Waals surface area (Å²) in [7, 11) is 0. The predicted octanol–water partition coefficient (Wildman–Crippen LogP) is 3.85. The Hall–Kier alpha value is -2.86. The zero-order chi connectivity index (χ0) is 15.6. The van der Waals surface area contributed by atoms with Crippen LogP contribution in [0.25, 0.3) is 21.3 Å². The molecule has 5 nitrogen and oxygen atoms in total. The van der Waals surface area contributed by atoms with Gasteiger partial charge in [-0.25, -0.2) is 0 Å². The first-order chi connectivity index (χ1) is 11.3. The number of aromatic amines is 1. The van der Waals surface area contributed by atoms with Crippen molar-refractivity contribution in [3.05, 3.63) is 59.5 Å². The van der Waals surface area contributed by atoms with E-state index in [0.717, 1.165) is 11.3 Å². The van der Waals surface area contributed by atoms with Crippen LogP contribution in [0.1, 0.15) is 5.56 Å². The van der Waals surface area contributed by atoms with Crippen LogP contribution in [-0.4, -0.2) is 15.4 Å². The van der Waals surface area contributed by atoms with Crippen molar-refractivity contribution in [3.63, 3.8) is 0 Å². The van der Waals surface area contributed by atoms with Crippen LogP contribution in [0.3, 0.4) is 0 Å². The summed E-state index contributed by atoms with van der Waals surface area (Å²) in [4.78, 5) is 0. The van der Waals surface area contributed by atoms with Gasteiger partial charge in [-0.2, -0.15) is 10.3 Å². The highest BCUT2D eigenvalue weighted by Gasteiger charge is 2.09. The Morgan fingerprint density at radius 1 is 1.09 bits per heavy atom. The number of benzene rings is 2. The molecule has 23 heavy (non-hydrogen) atoms. The number of hydrogen-bond acceptors (Lipinski definition) is 5. The van der Waals surface area contributed by atoms with Gasteiger partial charge in [0.05, 0.1) is 0 Å². The van der Waals surface area contributed by atoms with Crippen LogP contribution in [-0.2, 0) is 6.61 Å². The highest BCUT2D eigenvalue weighted by atomic mass is 32.1. The van der Waals surface area contributed by atoms with Gasteiger partial charge in [-0.3, -0.25) is 0 Å². The molecule has 2 heterocycles. The smallest absolute Gasteiger partial charge is 0.173 e. The molecule has 6 heteroatoms. The van der Waals surface area contributed by atoms with Crippen molar-refractivity contribution in [2.75, 3.05) is 5.73 Å². The molecule has 0 spiro atoms. The largest absolute Gasteiger partial charge is 0.489 e. The number of thiophene rings is 1. The molecule has 2 aromatic heterocycles. The van der Waals surface area contributed by atoms with Crippen molar-refractivity contribution in [2.24, 2.45) is 0 Å². The first-order valence-corrected chi connectivity index (χ1v) is 8.04. The van der Waals surface area contributed by atoms with Crippen LogP contribution in [0.5, 0.6) is 5.75 Å². The zero-order valence-corrected chi connectivity index (χ0v) is 13.0. The summed E-state index contributed by atoms with van der Waals surface area (Å²) in [5, 5.41) is 13.8. The van der Waals surface area contributed by atoms with Crippen molar-refractivity contribution in [1.29, 1.82) is 0 Å². The molecule has 0 radical (unpaired) electrons. The lowest BCUT2D eigenvalue weighted by Gasteiger charge is -2.07. The van der Waals surface area contributed by atoms with E-state index in [-0.39, 0.29) is 0 Å². The van der Waals surface area contributed by atoms with Gasteiger partial charge in [-0.15, -0.1) is 16.4 Å². The predicted molar refractivity (Wildman–Crippen MR) is 92.4 cm³/mol. The van der Waals surface area contributed by atoms with Gasteiger partial charge in [0.25, 0.3) is 0 Å². The molecule has 0 saturated heterocycles. The Morgan fingerprint density at radius 3 is 2.87 bits per heavy atom. The highest BCUT2D eigenvalue weighted by molar-refractivity contribution is 7.17. The molecule has 114 valence electrons. The fourth-order valence-electron chi connectivity index (χ4n) is 2.49. The molecular weight excluding hydrogens is 308 g/mol. The van der Waals surface area contributed by atoms with E-state index >= 15 is 0 Å². The molecule has 0 amide bonds. The lowest BCUT2D eigenvalue weighted by atomic mass is 10.1. The molecule has 3 N–H and O–H groups in total. The quantitative estimate of drug-likeness (QED) is 0.598. The summed E-state index contributed by atoms with van der Waals surface area (Å²) < 4.78 is 7.22. The number of nitrogens with one attached hydrogen (secondary N) is 1. The minimum atomic E-state index is 0.381. The molecule has 0 fully saturated rings. The molecule has 0 aliphatic rings. The number of rotatable bonds is 4. The number of aromatic nitrogens is 3. The fourth-order valence-corrected chi connectivity index (χ4v) is 3.44. The van der Waals surface area contributed by atoms with Crippen LogP contribution in [0, 0.1) is 0 Å². The van der Waals surface area contributed by atoms with Crippen LogP contribution < -0.4 is 10.5 Å². The number of nitrogen functional groups attached to an aromatic ring is 1. The summed E-state index contributed by atoms with van der Waals surface area (Å²) in [5.41, 5.74) is 8.50. The number of H-pyrrole nitrogens is 1. The summed E-state index contributed by atoms with van der Waals surface area (Å²) >= 11 is 1.73. The molecule has 0 atom stereocenters. The maximum atomic E-state index is 5.94. The Labute approximate surface area is 136 Å². The van der Waals surface area contributed by atoms with E-state index in [1.807, 2.05) is 30.3 Å². The normalized spacial score (nSPS) is 11.0. The minimum absolute atomic E-state index is 0.381. The number of hydrogen-bond donors (Lipinski definition) is 2. The second-order valence-corrected chi connectivity index (χ2v) is 6.04. The van der Waals surface area contributed by atoms with Crippen molar-refractivity contribution in [2.45, 2.75) is 6.61 Å². The highest BCUT2D eigenvalue weighted by Crippen LogP contribution is 2.28. The molecule has 4 rings (SSSR count). The number of fused-ring (bicyclic) bond motifs is 1. The molecular formula is C17H14N4OS. The Kier molecular flexibility index (Phi) is 3.44. The van der Waals surface area contributed by atoms with Gasteiger partial charge in [0.2, 0.25) is 0 Å². The van der Waals surface area contributed by atoms with Crippen LogP contribution in [0.15, 0.2) is 53.9 Å². The summed E-state index contributed by atoms with van der Waals surface area (Å²) in [6, 6.07) is 16.0. The number of nitrogens with zero attached hydrogens (tertiary/aromatic N) is 2. The van der Waals surface area contributed by atoms with Crippen LogP contribution in [0.4, 0.5) is 5.82 Å². The number of anilines is 1. The Bertz CT molecular complexity index is 960. The molecule has 0 aliphatic heterocycles. The second-order valence-electron chi connectivity index (χ2n) is 5.13. The van der Waals surface area contributed by atoms with Crippen molar-refractivity contribution in [3.8, 4) is 17.0 Å². The lowest BCUT2D eigenvalue weighted by Crippen LogP contribution is -1.95. The standard InChI is InChI=1S/C17H14N4OS/c18-17-16(19-21-20-17)11-4-3-5-13(8-11)22-9-12-10-23-15-7-2-1-6-14(12)15/h1-8,10H,9H2,(H3,18,19,20,21). The van der Waals surface area contributed by atoms with Crippen LogP contribution in [0.2, 0.25) is 0 Å². The molecule has 0 aliphatic carbocycles. The first kappa shape index (κ1) is 13.8. The molecule has 0 unspecified atom stereocenters. The van der Waals surface area contributed by atoms with Crippen molar-refractivity contribution in [1.82, 2.24) is 15.4 Å². The topological polar surface area (TPSA) is 76.8 Å². The lowest BCUT2D eigenvalue weighted by molar-refractivity contribution is 0.308. The van der Waals surface area contributed by atoms with Crippen molar-refractivity contribution < 1.29 is 4.74 Å². The summed E-state index contributed by atoms with van der Waals surface area (Å²) in [6.45, 7) is 0.530. The van der Waals surface area contributed by atoms with E-state index in [0.29, 0.717) is 18.1 Å². The Morgan fingerprint density at radius 2 is 2.00 bits per heavy atom. The van der Waals surface area contributed by atoms with E-state index in [1.165, 1.54) is 15.6 Å². The SMILES string of the molecule is Nc1n[nH]nc1-c1cccc(OCc2csc3ccccc23)c1. The molecule has 4 aromatic rings. The Balaban J connectivity index is 1.57. The van der Waals surface area contributed by atoms with Gasteiger partial charge >= 0.3 is 0 Å². The van der Waals surface area contributed by atoms with E-state index < -0.39 is 0 Å². The van der Waals surface area contributed by atoms with E-state index in [4.69, 9.17) is 10.5 Å². The third-order valence-electron chi connectivity index (χ3n) is 3.64. The van der Waals surface area contributed by atoms with E-state index in [9.17, 15) is 0 Å². The maximum Gasteiger partial charge on any atom is 0.173 e. The summed E-state index contributed by atoms with van der Waals surface area (Å²) in [6.07, 6.45) is 0. The van der Waals surface area contributed by atoms with E-state index in [2.05, 4.69) is 39.0 Å². The number of ether oxygens (including phenoxy) is 1. The monoisotopic (exact) mass is 322 g/mol. The second kappa shape index (κ2) is 5.73. The first-order valence-electron chi connectivity index (χ1n) is 7.16. The molecule has 0 bridgehead atoms.